The van der Waals surface area contributed by atoms with Crippen LogP contribution in [0.2, 0.25) is 5.02 Å². The second kappa shape index (κ2) is 11.8. The molecule has 0 radical (unpaired) electrons. The molecule has 7 heteroatoms. The summed E-state index contributed by atoms with van der Waals surface area (Å²) >= 11 is 5.99. The van der Waals surface area contributed by atoms with Gasteiger partial charge in [-0.05, 0) is 73.6 Å². The molecule has 1 fully saturated rings. The SMILES string of the molecule is CCc1ccc2nc(/C=C\c3ccc(Cl)cc3)nc(C3CCC(NN)CC3)c2c1.Cl.Cl. The average molecular weight is 480 g/mol. The van der Waals surface area contributed by atoms with Crippen LogP contribution in [0.5, 0.6) is 0 Å². The van der Waals surface area contributed by atoms with Gasteiger partial charge in [0.05, 0.1) is 11.2 Å². The average Bonchev–Trinajstić information content (AvgIpc) is 2.78. The maximum absolute atomic E-state index is 5.99. The standard InChI is InChI=1S/C24H27ClN4.2ClH/c1-2-16-5-13-22-21(15-16)24(18-7-11-20(29-26)12-8-18)28-23(27-22)14-6-17-3-9-19(25)10-4-17;;/h3-6,9-10,13-15,18,20,29H,2,7-8,11-12,26H2,1H3;2*1H/b14-6-;;. The molecule has 3 N–H and O–H groups in total. The van der Waals surface area contributed by atoms with Gasteiger partial charge in [-0.1, -0.05) is 42.8 Å². The van der Waals surface area contributed by atoms with Crippen molar-refractivity contribution in [2.24, 2.45) is 5.84 Å². The first kappa shape index (κ1) is 25.6. The number of nitrogens with zero attached hydrogens (tertiary/aromatic N) is 2. The van der Waals surface area contributed by atoms with Crippen LogP contribution in [0.15, 0.2) is 42.5 Å². The van der Waals surface area contributed by atoms with Gasteiger partial charge in [0.1, 0.15) is 0 Å². The molecule has 166 valence electrons. The van der Waals surface area contributed by atoms with Gasteiger partial charge in [0.25, 0.3) is 0 Å². The van der Waals surface area contributed by atoms with Crippen molar-refractivity contribution in [2.45, 2.75) is 51.0 Å². The zero-order valence-corrected chi connectivity index (χ0v) is 19.9. The minimum Gasteiger partial charge on any atom is -0.271 e. The summed E-state index contributed by atoms with van der Waals surface area (Å²) in [6.07, 6.45) is 9.39. The Balaban J connectivity index is 0.00000171. The van der Waals surface area contributed by atoms with Gasteiger partial charge in [0.15, 0.2) is 5.82 Å². The number of aryl methyl sites for hydroxylation is 1. The van der Waals surface area contributed by atoms with E-state index >= 15 is 0 Å². The van der Waals surface area contributed by atoms with Crippen LogP contribution in [0.1, 0.15) is 61.2 Å². The smallest absolute Gasteiger partial charge is 0.152 e. The van der Waals surface area contributed by atoms with Crippen molar-refractivity contribution in [1.29, 1.82) is 0 Å². The van der Waals surface area contributed by atoms with Crippen LogP contribution in [0, 0.1) is 0 Å². The van der Waals surface area contributed by atoms with Crippen LogP contribution in [0.4, 0.5) is 0 Å². The van der Waals surface area contributed by atoms with Gasteiger partial charge in [-0.25, -0.2) is 9.97 Å². The summed E-state index contributed by atoms with van der Waals surface area (Å²) in [5.41, 5.74) is 7.53. The quantitative estimate of drug-likeness (QED) is 0.330. The Morgan fingerprint density at radius 3 is 2.35 bits per heavy atom. The number of benzene rings is 2. The van der Waals surface area contributed by atoms with E-state index in [1.807, 2.05) is 36.4 Å². The monoisotopic (exact) mass is 478 g/mol. The minimum absolute atomic E-state index is 0. The van der Waals surface area contributed by atoms with Crippen molar-refractivity contribution in [1.82, 2.24) is 15.4 Å². The Kier molecular flexibility index (Phi) is 9.73. The molecular weight excluding hydrogens is 451 g/mol. The molecule has 0 bridgehead atoms. The predicted octanol–water partition coefficient (Wildman–Crippen LogP) is 6.35. The third-order valence-electron chi connectivity index (χ3n) is 5.86. The lowest BCUT2D eigenvalue weighted by molar-refractivity contribution is 0.344. The molecule has 4 rings (SSSR count). The lowest BCUT2D eigenvalue weighted by Crippen LogP contribution is -2.37. The van der Waals surface area contributed by atoms with E-state index in [0.717, 1.165) is 54.0 Å². The maximum atomic E-state index is 5.99. The summed E-state index contributed by atoms with van der Waals surface area (Å²) in [5, 5.41) is 1.93. The van der Waals surface area contributed by atoms with Crippen LogP contribution < -0.4 is 11.3 Å². The molecule has 31 heavy (non-hydrogen) atoms. The first-order valence-electron chi connectivity index (χ1n) is 10.4. The lowest BCUT2D eigenvalue weighted by atomic mass is 9.83. The fourth-order valence-electron chi connectivity index (χ4n) is 4.10. The van der Waals surface area contributed by atoms with Gasteiger partial charge in [0.2, 0.25) is 0 Å². The fourth-order valence-corrected chi connectivity index (χ4v) is 4.23. The molecule has 3 aromatic rings. The predicted molar refractivity (Wildman–Crippen MR) is 136 cm³/mol. The Labute approximate surface area is 201 Å². The number of hydrogen-bond acceptors (Lipinski definition) is 4. The third kappa shape index (κ3) is 6.18. The summed E-state index contributed by atoms with van der Waals surface area (Å²) in [6, 6.07) is 14.8. The van der Waals surface area contributed by atoms with Crippen LogP contribution >= 0.6 is 36.4 Å². The Hall–Kier alpha value is -1.69. The van der Waals surface area contributed by atoms with Gasteiger partial charge in [-0.15, -0.1) is 24.8 Å². The molecule has 1 aromatic heterocycles. The van der Waals surface area contributed by atoms with Crippen LogP contribution in [0.3, 0.4) is 0 Å². The van der Waals surface area contributed by atoms with Gasteiger partial charge >= 0.3 is 0 Å². The molecule has 4 nitrogen and oxygen atoms in total. The van der Waals surface area contributed by atoms with Gasteiger partial charge < -0.3 is 0 Å². The molecule has 0 spiro atoms. The fraction of sp³-hybridized carbons (Fsp3) is 0.333. The van der Waals surface area contributed by atoms with E-state index in [2.05, 4.69) is 30.5 Å². The van der Waals surface area contributed by atoms with Crippen molar-refractivity contribution in [3.8, 4) is 0 Å². The van der Waals surface area contributed by atoms with Gasteiger partial charge in [0, 0.05) is 22.4 Å². The highest BCUT2D eigenvalue weighted by Crippen LogP contribution is 2.35. The molecule has 0 saturated heterocycles. The molecule has 1 heterocycles. The molecule has 0 unspecified atom stereocenters. The van der Waals surface area contributed by atoms with E-state index in [4.69, 9.17) is 27.4 Å². The molecule has 1 saturated carbocycles. The van der Waals surface area contributed by atoms with Crippen molar-refractivity contribution < 1.29 is 0 Å². The number of hydrazine groups is 1. The summed E-state index contributed by atoms with van der Waals surface area (Å²) in [7, 11) is 0. The molecule has 0 atom stereocenters. The summed E-state index contributed by atoms with van der Waals surface area (Å²) < 4.78 is 0. The van der Waals surface area contributed by atoms with E-state index in [-0.39, 0.29) is 24.8 Å². The topological polar surface area (TPSA) is 63.8 Å². The van der Waals surface area contributed by atoms with Gasteiger partial charge in [-0.3, -0.25) is 11.3 Å². The van der Waals surface area contributed by atoms with Crippen LogP contribution in [-0.2, 0) is 6.42 Å². The molecule has 1 aliphatic rings. The van der Waals surface area contributed by atoms with E-state index < -0.39 is 0 Å². The molecule has 1 aliphatic carbocycles. The molecule has 0 aliphatic heterocycles. The first-order chi connectivity index (χ1) is 14.2. The van der Waals surface area contributed by atoms with Crippen molar-refractivity contribution in [3.63, 3.8) is 0 Å². The van der Waals surface area contributed by atoms with Crippen LogP contribution in [-0.4, -0.2) is 16.0 Å². The largest absolute Gasteiger partial charge is 0.271 e. The first-order valence-corrected chi connectivity index (χ1v) is 10.7. The number of halogens is 3. The lowest BCUT2D eigenvalue weighted by Gasteiger charge is -2.28. The number of fused-ring (bicyclic) bond motifs is 1. The number of rotatable bonds is 5. The minimum atomic E-state index is 0. The Morgan fingerprint density at radius 1 is 1.00 bits per heavy atom. The second-order valence-electron chi connectivity index (χ2n) is 7.77. The second-order valence-corrected chi connectivity index (χ2v) is 8.21. The number of nitrogens with two attached hydrogens (primary N) is 1. The summed E-state index contributed by atoms with van der Waals surface area (Å²) in [4.78, 5) is 9.82. The van der Waals surface area contributed by atoms with E-state index in [1.54, 1.807) is 0 Å². The van der Waals surface area contributed by atoms with E-state index in [9.17, 15) is 0 Å². The molecule has 0 amide bonds. The van der Waals surface area contributed by atoms with Crippen molar-refractivity contribution in [2.75, 3.05) is 0 Å². The van der Waals surface area contributed by atoms with E-state index in [1.165, 1.54) is 16.6 Å². The Bertz CT molecular complexity index is 1010. The zero-order valence-electron chi connectivity index (χ0n) is 17.6. The summed E-state index contributed by atoms with van der Waals surface area (Å²) in [6.45, 7) is 2.18. The molecular formula is C24H29Cl3N4. The number of hydrogen-bond donors (Lipinski definition) is 2. The highest BCUT2D eigenvalue weighted by Gasteiger charge is 2.24. The molecule has 2 aromatic carbocycles. The maximum Gasteiger partial charge on any atom is 0.152 e. The van der Waals surface area contributed by atoms with Crippen molar-refractivity contribution in [3.05, 3.63) is 70.1 Å². The third-order valence-corrected chi connectivity index (χ3v) is 6.11. The van der Waals surface area contributed by atoms with Gasteiger partial charge in [-0.2, -0.15) is 0 Å². The highest BCUT2D eigenvalue weighted by molar-refractivity contribution is 6.30. The zero-order chi connectivity index (χ0) is 20.2. The Morgan fingerprint density at radius 2 is 1.71 bits per heavy atom. The van der Waals surface area contributed by atoms with Crippen LogP contribution in [0.25, 0.3) is 23.1 Å². The van der Waals surface area contributed by atoms with Crippen molar-refractivity contribution >= 4 is 59.5 Å². The number of aromatic nitrogens is 2. The normalized spacial score (nSPS) is 18.5. The highest BCUT2D eigenvalue weighted by atomic mass is 35.5. The number of nitrogens with one attached hydrogen (secondary N) is 1. The van der Waals surface area contributed by atoms with E-state index in [0.29, 0.717) is 12.0 Å². The summed E-state index contributed by atoms with van der Waals surface area (Å²) in [5.74, 6) is 6.85.